The number of benzene rings is 2. The zero-order valence-electron chi connectivity index (χ0n) is 15.9. The van der Waals surface area contributed by atoms with Crippen molar-refractivity contribution in [1.29, 1.82) is 0 Å². The van der Waals surface area contributed by atoms with Gasteiger partial charge in [0.1, 0.15) is 5.82 Å². The van der Waals surface area contributed by atoms with Gasteiger partial charge < -0.3 is 15.7 Å². The Bertz CT molecular complexity index is 950. The minimum atomic E-state index is -0.732. The summed E-state index contributed by atoms with van der Waals surface area (Å²) in [7, 11) is 0. The molecule has 5 nitrogen and oxygen atoms in total. The molecular formula is C23H23FN2O3. The van der Waals surface area contributed by atoms with Crippen molar-refractivity contribution in [2.24, 2.45) is 5.41 Å². The maximum absolute atomic E-state index is 14.0. The van der Waals surface area contributed by atoms with Gasteiger partial charge in [-0.2, -0.15) is 0 Å². The number of allylic oxidation sites excluding steroid dienone is 2. The monoisotopic (exact) mass is 394 g/mol. The molecule has 3 N–H and O–H groups in total. The first-order valence-corrected chi connectivity index (χ1v) is 9.73. The second kappa shape index (κ2) is 7.79. The highest BCUT2D eigenvalue weighted by Crippen LogP contribution is 2.44. The SMILES string of the molecule is O=C(CC1C(=O)Nc2c(F)cccc21)NC(c1ccccc1)C1(CO)CC=CC1. The summed E-state index contributed by atoms with van der Waals surface area (Å²) in [6.07, 6.45) is 5.26. The molecule has 0 aromatic heterocycles. The predicted molar refractivity (Wildman–Crippen MR) is 108 cm³/mol. The average Bonchev–Trinajstić information content (AvgIpc) is 3.34. The van der Waals surface area contributed by atoms with Gasteiger partial charge in [-0.05, 0) is 30.0 Å². The summed E-state index contributed by atoms with van der Waals surface area (Å²) in [5.41, 5.74) is 1.04. The smallest absolute Gasteiger partial charge is 0.232 e. The van der Waals surface area contributed by atoms with Gasteiger partial charge in [-0.1, -0.05) is 54.6 Å². The molecule has 29 heavy (non-hydrogen) atoms. The Hall–Kier alpha value is -2.99. The van der Waals surface area contributed by atoms with E-state index in [2.05, 4.69) is 10.6 Å². The van der Waals surface area contributed by atoms with E-state index in [0.29, 0.717) is 18.4 Å². The minimum absolute atomic E-state index is 0.0716. The summed E-state index contributed by atoms with van der Waals surface area (Å²) in [5, 5.41) is 15.7. The number of carbonyl (C=O) groups is 2. The Balaban J connectivity index is 1.57. The Morgan fingerprint density at radius 3 is 2.59 bits per heavy atom. The highest BCUT2D eigenvalue weighted by atomic mass is 19.1. The van der Waals surface area contributed by atoms with Crippen LogP contribution in [-0.4, -0.2) is 23.5 Å². The number of hydrogen-bond donors (Lipinski definition) is 3. The quantitative estimate of drug-likeness (QED) is 0.657. The summed E-state index contributed by atoms with van der Waals surface area (Å²) >= 11 is 0. The maximum atomic E-state index is 14.0. The number of nitrogens with one attached hydrogen (secondary N) is 2. The summed E-state index contributed by atoms with van der Waals surface area (Å²) in [4.78, 5) is 25.3. The third kappa shape index (κ3) is 3.56. The van der Waals surface area contributed by atoms with E-state index < -0.39 is 23.2 Å². The van der Waals surface area contributed by atoms with Gasteiger partial charge in [0, 0.05) is 11.8 Å². The molecule has 0 saturated carbocycles. The van der Waals surface area contributed by atoms with Crippen molar-refractivity contribution in [3.05, 3.63) is 77.6 Å². The molecule has 0 radical (unpaired) electrons. The number of rotatable bonds is 6. The average molecular weight is 394 g/mol. The van der Waals surface area contributed by atoms with Crippen LogP contribution in [0.5, 0.6) is 0 Å². The summed E-state index contributed by atoms with van der Waals surface area (Å²) in [6.45, 7) is -0.0716. The van der Waals surface area contributed by atoms with Gasteiger partial charge in [-0.3, -0.25) is 9.59 Å². The normalized spacial score (nSPS) is 20.2. The Labute approximate surface area is 168 Å². The van der Waals surface area contributed by atoms with Gasteiger partial charge >= 0.3 is 0 Å². The second-order valence-corrected chi connectivity index (χ2v) is 7.76. The van der Waals surface area contributed by atoms with Gasteiger partial charge in [0.2, 0.25) is 11.8 Å². The van der Waals surface area contributed by atoms with Crippen LogP contribution < -0.4 is 10.6 Å². The third-order valence-corrected chi connectivity index (χ3v) is 5.96. The first-order valence-electron chi connectivity index (χ1n) is 9.73. The van der Waals surface area contributed by atoms with E-state index in [4.69, 9.17) is 0 Å². The van der Waals surface area contributed by atoms with Crippen LogP contribution in [0.4, 0.5) is 10.1 Å². The van der Waals surface area contributed by atoms with Gasteiger partial charge in [0.15, 0.2) is 0 Å². The number of hydrogen-bond acceptors (Lipinski definition) is 3. The van der Waals surface area contributed by atoms with E-state index in [-0.39, 0.29) is 30.5 Å². The Morgan fingerprint density at radius 1 is 1.17 bits per heavy atom. The van der Waals surface area contributed by atoms with Crippen LogP contribution in [0.2, 0.25) is 0 Å². The Kier molecular flexibility index (Phi) is 5.20. The summed E-state index contributed by atoms with van der Waals surface area (Å²) in [6, 6.07) is 13.6. The zero-order valence-corrected chi connectivity index (χ0v) is 15.9. The van der Waals surface area contributed by atoms with Crippen LogP contribution in [0.15, 0.2) is 60.7 Å². The highest BCUT2D eigenvalue weighted by molar-refractivity contribution is 6.05. The molecule has 1 heterocycles. The lowest BCUT2D eigenvalue weighted by Crippen LogP contribution is -2.42. The highest BCUT2D eigenvalue weighted by Gasteiger charge is 2.41. The van der Waals surface area contributed by atoms with Crippen molar-refractivity contribution in [3.63, 3.8) is 0 Å². The standard InChI is InChI=1S/C23H23FN2O3/c24-18-10-6-9-16-17(22(29)26-20(16)18)13-19(28)25-21(15-7-2-1-3-8-15)23(14-27)11-4-5-12-23/h1-10,17,21,27H,11-14H2,(H,25,28)(H,26,29). The van der Waals surface area contributed by atoms with Crippen molar-refractivity contribution in [2.75, 3.05) is 11.9 Å². The van der Waals surface area contributed by atoms with Gasteiger partial charge in [-0.15, -0.1) is 0 Å². The molecular weight excluding hydrogens is 371 g/mol. The van der Waals surface area contributed by atoms with Crippen LogP contribution in [-0.2, 0) is 9.59 Å². The molecule has 1 aliphatic heterocycles. The van der Waals surface area contributed by atoms with E-state index >= 15 is 0 Å². The third-order valence-electron chi connectivity index (χ3n) is 5.96. The van der Waals surface area contributed by atoms with Gasteiger partial charge in [-0.25, -0.2) is 4.39 Å². The van der Waals surface area contributed by atoms with Crippen LogP contribution in [0.3, 0.4) is 0 Å². The van der Waals surface area contributed by atoms with Crippen molar-refractivity contribution in [3.8, 4) is 0 Å². The molecule has 1 aliphatic carbocycles. The van der Waals surface area contributed by atoms with Crippen LogP contribution in [0, 0.1) is 11.2 Å². The largest absolute Gasteiger partial charge is 0.396 e. The molecule has 0 fully saturated rings. The topological polar surface area (TPSA) is 78.4 Å². The minimum Gasteiger partial charge on any atom is -0.396 e. The molecule has 2 amide bonds. The molecule has 2 aromatic rings. The van der Waals surface area contributed by atoms with Gasteiger partial charge in [0.05, 0.1) is 24.3 Å². The van der Waals surface area contributed by atoms with E-state index in [1.807, 2.05) is 42.5 Å². The number of carbonyl (C=O) groups excluding carboxylic acids is 2. The van der Waals surface area contributed by atoms with E-state index in [9.17, 15) is 19.1 Å². The molecule has 2 unspecified atom stereocenters. The number of para-hydroxylation sites is 1. The van der Waals surface area contributed by atoms with Gasteiger partial charge in [0.25, 0.3) is 0 Å². The number of aliphatic hydroxyl groups excluding tert-OH is 1. The Morgan fingerprint density at radius 2 is 1.90 bits per heavy atom. The summed E-state index contributed by atoms with van der Waals surface area (Å²) < 4.78 is 14.0. The van der Waals surface area contributed by atoms with Crippen molar-refractivity contribution >= 4 is 17.5 Å². The van der Waals surface area contributed by atoms with Crippen LogP contribution >= 0.6 is 0 Å². The first kappa shape index (κ1) is 19.3. The number of amides is 2. The summed E-state index contributed by atoms with van der Waals surface area (Å²) in [5.74, 6) is -1.92. The molecule has 150 valence electrons. The lowest BCUT2D eigenvalue weighted by Gasteiger charge is -2.37. The zero-order chi connectivity index (χ0) is 20.4. The second-order valence-electron chi connectivity index (χ2n) is 7.76. The van der Waals surface area contributed by atoms with Crippen molar-refractivity contribution < 1.29 is 19.1 Å². The van der Waals surface area contributed by atoms with Crippen molar-refractivity contribution in [2.45, 2.75) is 31.2 Å². The molecule has 2 atom stereocenters. The molecule has 0 spiro atoms. The number of halogens is 1. The molecule has 0 saturated heterocycles. The molecule has 2 aliphatic rings. The fraction of sp³-hybridized carbons (Fsp3) is 0.304. The molecule has 0 bridgehead atoms. The maximum Gasteiger partial charge on any atom is 0.232 e. The van der Waals surface area contributed by atoms with Crippen LogP contribution in [0.25, 0.3) is 0 Å². The molecule has 4 rings (SSSR count). The molecule has 2 aromatic carbocycles. The van der Waals surface area contributed by atoms with E-state index in [1.165, 1.54) is 12.1 Å². The lowest BCUT2D eigenvalue weighted by molar-refractivity contribution is -0.126. The fourth-order valence-electron chi connectivity index (χ4n) is 4.33. The first-order chi connectivity index (χ1) is 14.0. The van der Waals surface area contributed by atoms with Crippen LogP contribution in [0.1, 0.15) is 42.3 Å². The molecule has 6 heteroatoms. The van der Waals surface area contributed by atoms with E-state index in [1.54, 1.807) is 6.07 Å². The number of fused-ring (bicyclic) bond motifs is 1. The number of aliphatic hydroxyl groups is 1. The number of anilines is 1. The van der Waals surface area contributed by atoms with Crippen molar-refractivity contribution in [1.82, 2.24) is 5.32 Å². The fourth-order valence-corrected chi connectivity index (χ4v) is 4.33. The van der Waals surface area contributed by atoms with E-state index in [0.717, 1.165) is 5.56 Å². The lowest BCUT2D eigenvalue weighted by atomic mass is 9.75. The predicted octanol–water partition coefficient (Wildman–Crippen LogP) is 3.44.